The number of ketones is 1. The molecule has 5 heteroatoms. The van der Waals surface area contributed by atoms with Crippen LogP contribution in [0.1, 0.15) is 19.4 Å². The van der Waals surface area contributed by atoms with Crippen LogP contribution in [0.3, 0.4) is 0 Å². The zero-order chi connectivity index (χ0) is 19.1. The van der Waals surface area contributed by atoms with Gasteiger partial charge in [0, 0.05) is 29.8 Å². The average molecular weight is 353 g/mol. The number of ether oxygens (including phenoxy) is 2. The van der Waals surface area contributed by atoms with E-state index in [-0.39, 0.29) is 17.3 Å². The Bertz CT molecular complexity index is 788. The van der Waals surface area contributed by atoms with Crippen LogP contribution in [0.15, 0.2) is 54.1 Å². The third kappa shape index (κ3) is 4.96. The number of amides is 1. The molecule has 0 aromatic heterocycles. The van der Waals surface area contributed by atoms with E-state index < -0.39 is 5.91 Å². The summed E-state index contributed by atoms with van der Waals surface area (Å²) < 4.78 is 10.4. The van der Waals surface area contributed by atoms with Gasteiger partial charge in [-0.1, -0.05) is 44.2 Å². The minimum atomic E-state index is -0.470. The van der Waals surface area contributed by atoms with E-state index in [1.807, 2.05) is 30.3 Å². The Balaban J connectivity index is 2.36. The molecule has 2 rings (SSSR count). The van der Waals surface area contributed by atoms with E-state index in [0.29, 0.717) is 17.2 Å². The van der Waals surface area contributed by atoms with Crippen molar-refractivity contribution in [2.45, 2.75) is 13.8 Å². The van der Waals surface area contributed by atoms with Crippen LogP contribution >= 0.6 is 0 Å². The summed E-state index contributed by atoms with van der Waals surface area (Å²) in [7, 11) is 3.06. The molecule has 0 radical (unpaired) electrons. The summed E-state index contributed by atoms with van der Waals surface area (Å²) in [5.74, 6) is 0.103. The highest BCUT2D eigenvalue weighted by Gasteiger charge is 2.21. The number of nitrogens with one attached hydrogen (secondary N) is 1. The molecule has 0 aliphatic rings. The van der Waals surface area contributed by atoms with Crippen LogP contribution < -0.4 is 14.8 Å². The van der Waals surface area contributed by atoms with Crippen molar-refractivity contribution in [2.75, 3.05) is 19.5 Å². The maximum absolute atomic E-state index is 12.8. The van der Waals surface area contributed by atoms with Crippen LogP contribution in [-0.2, 0) is 9.59 Å². The van der Waals surface area contributed by atoms with Gasteiger partial charge >= 0.3 is 0 Å². The quantitative estimate of drug-likeness (QED) is 0.465. The Kier molecular flexibility index (Phi) is 6.55. The molecule has 1 N–H and O–H groups in total. The summed E-state index contributed by atoms with van der Waals surface area (Å²) in [5, 5.41) is 2.76. The first kappa shape index (κ1) is 19.2. The molecule has 1 amide bonds. The van der Waals surface area contributed by atoms with Crippen molar-refractivity contribution in [1.82, 2.24) is 0 Å². The molecule has 136 valence electrons. The van der Waals surface area contributed by atoms with E-state index in [1.165, 1.54) is 14.2 Å². The molecule has 0 bridgehead atoms. The van der Waals surface area contributed by atoms with Crippen molar-refractivity contribution in [1.29, 1.82) is 0 Å². The summed E-state index contributed by atoms with van der Waals surface area (Å²) in [4.78, 5) is 25.3. The highest BCUT2D eigenvalue weighted by Crippen LogP contribution is 2.26. The van der Waals surface area contributed by atoms with Crippen molar-refractivity contribution >= 4 is 23.5 Å². The summed E-state index contributed by atoms with van der Waals surface area (Å²) >= 11 is 0. The lowest BCUT2D eigenvalue weighted by molar-refractivity contribution is -0.121. The van der Waals surface area contributed by atoms with Crippen LogP contribution in [0.2, 0.25) is 0 Å². The zero-order valence-corrected chi connectivity index (χ0v) is 15.4. The van der Waals surface area contributed by atoms with Crippen LogP contribution in [-0.4, -0.2) is 25.9 Å². The van der Waals surface area contributed by atoms with E-state index in [4.69, 9.17) is 9.47 Å². The van der Waals surface area contributed by atoms with Gasteiger partial charge in [-0.15, -0.1) is 0 Å². The van der Waals surface area contributed by atoms with Crippen molar-refractivity contribution in [3.63, 3.8) is 0 Å². The van der Waals surface area contributed by atoms with E-state index in [0.717, 1.165) is 5.56 Å². The maximum Gasteiger partial charge on any atom is 0.259 e. The predicted octanol–water partition coefficient (Wildman–Crippen LogP) is 3.95. The number of rotatable bonds is 7. The van der Waals surface area contributed by atoms with E-state index in [1.54, 1.807) is 38.1 Å². The lowest BCUT2D eigenvalue weighted by Crippen LogP contribution is -2.23. The number of anilines is 1. The number of carbonyl (C=O) groups excluding carboxylic acids is 2. The van der Waals surface area contributed by atoms with Crippen molar-refractivity contribution in [3.8, 4) is 11.5 Å². The minimum Gasteiger partial charge on any atom is -0.497 e. The van der Waals surface area contributed by atoms with Crippen LogP contribution in [0.4, 0.5) is 5.69 Å². The van der Waals surface area contributed by atoms with Gasteiger partial charge in [0.15, 0.2) is 5.78 Å². The molecule has 0 saturated carbocycles. The molecular formula is C21H23NO4. The Morgan fingerprint density at radius 2 is 1.54 bits per heavy atom. The molecule has 5 nitrogen and oxygen atoms in total. The Hall–Kier alpha value is -3.08. The lowest BCUT2D eigenvalue weighted by atomic mass is 9.98. The first-order valence-corrected chi connectivity index (χ1v) is 8.30. The van der Waals surface area contributed by atoms with E-state index >= 15 is 0 Å². The molecule has 2 aromatic rings. The first-order valence-electron chi connectivity index (χ1n) is 8.30. The maximum atomic E-state index is 12.8. The smallest absolute Gasteiger partial charge is 0.259 e. The minimum absolute atomic E-state index is 0.105. The lowest BCUT2D eigenvalue weighted by Gasteiger charge is -2.12. The second-order valence-corrected chi connectivity index (χ2v) is 6.04. The topological polar surface area (TPSA) is 64.6 Å². The highest BCUT2D eigenvalue weighted by molar-refractivity contribution is 6.26. The van der Waals surface area contributed by atoms with Gasteiger partial charge in [-0.25, -0.2) is 0 Å². The van der Waals surface area contributed by atoms with Crippen LogP contribution in [0.25, 0.3) is 6.08 Å². The zero-order valence-electron chi connectivity index (χ0n) is 15.4. The number of carbonyl (C=O) groups is 2. The van der Waals surface area contributed by atoms with Gasteiger partial charge < -0.3 is 14.8 Å². The fourth-order valence-corrected chi connectivity index (χ4v) is 2.35. The largest absolute Gasteiger partial charge is 0.497 e. The number of benzene rings is 2. The van der Waals surface area contributed by atoms with Crippen molar-refractivity contribution in [2.24, 2.45) is 5.92 Å². The van der Waals surface area contributed by atoms with Gasteiger partial charge in [0.1, 0.15) is 11.5 Å². The van der Waals surface area contributed by atoms with Gasteiger partial charge in [-0.05, 0) is 11.6 Å². The van der Waals surface area contributed by atoms with Gasteiger partial charge in [0.2, 0.25) is 0 Å². The number of hydrogen-bond donors (Lipinski definition) is 1. The van der Waals surface area contributed by atoms with E-state index in [9.17, 15) is 9.59 Å². The van der Waals surface area contributed by atoms with Crippen molar-refractivity contribution in [3.05, 3.63) is 59.7 Å². The molecule has 2 aromatic carbocycles. The summed E-state index contributed by atoms with van der Waals surface area (Å²) in [6.45, 7) is 3.53. The molecular weight excluding hydrogens is 330 g/mol. The Morgan fingerprint density at radius 3 is 2.04 bits per heavy atom. The highest BCUT2D eigenvalue weighted by atomic mass is 16.5. The summed E-state index contributed by atoms with van der Waals surface area (Å²) in [5.41, 5.74) is 1.38. The normalized spacial score (nSPS) is 11.2. The fourth-order valence-electron chi connectivity index (χ4n) is 2.35. The van der Waals surface area contributed by atoms with Gasteiger partial charge in [-0.2, -0.15) is 0 Å². The number of hydrogen-bond acceptors (Lipinski definition) is 4. The van der Waals surface area contributed by atoms with Crippen molar-refractivity contribution < 1.29 is 19.1 Å². The Labute approximate surface area is 153 Å². The molecule has 0 heterocycles. The van der Waals surface area contributed by atoms with Gasteiger partial charge in [-0.3, -0.25) is 9.59 Å². The summed E-state index contributed by atoms with van der Waals surface area (Å²) in [6, 6.07) is 14.3. The second kappa shape index (κ2) is 8.85. The molecule has 0 spiro atoms. The van der Waals surface area contributed by atoms with Crippen LogP contribution in [0, 0.1) is 5.92 Å². The first-order chi connectivity index (χ1) is 12.4. The number of Topliss-reactive ketones (excluding diaryl/α,β-unsaturated/α-hetero) is 1. The molecule has 0 unspecified atom stereocenters. The standard InChI is InChI=1S/C21H23NO4/c1-14(2)20(23)19(10-15-8-6-5-7-9-15)21(24)22-16-11-17(25-3)13-18(12-16)26-4/h5-14H,1-4H3,(H,22,24)/b19-10-. The number of methoxy groups -OCH3 is 2. The molecule has 26 heavy (non-hydrogen) atoms. The third-order valence-electron chi connectivity index (χ3n) is 3.75. The molecule has 0 saturated heterocycles. The third-order valence-corrected chi connectivity index (χ3v) is 3.75. The molecule has 0 atom stereocenters. The summed E-state index contributed by atoms with van der Waals surface area (Å²) in [6.07, 6.45) is 1.61. The fraction of sp³-hybridized carbons (Fsp3) is 0.238. The molecule has 0 fully saturated rings. The van der Waals surface area contributed by atoms with Gasteiger partial charge in [0.25, 0.3) is 5.91 Å². The molecule has 0 aliphatic carbocycles. The molecule has 0 aliphatic heterocycles. The van der Waals surface area contributed by atoms with E-state index in [2.05, 4.69) is 5.32 Å². The average Bonchev–Trinajstić information content (AvgIpc) is 2.65. The van der Waals surface area contributed by atoms with Crippen LogP contribution in [0.5, 0.6) is 11.5 Å². The van der Waals surface area contributed by atoms with Gasteiger partial charge in [0.05, 0.1) is 19.8 Å². The SMILES string of the molecule is COc1cc(NC(=O)/C(=C\c2ccccc2)C(=O)C(C)C)cc(OC)c1. The monoisotopic (exact) mass is 353 g/mol. The predicted molar refractivity (Wildman–Crippen MR) is 102 cm³/mol. The second-order valence-electron chi connectivity index (χ2n) is 6.04. The Morgan fingerprint density at radius 1 is 0.962 bits per heavy atom.